The Hall–Kier alpha value is -1.52. The maximum absolute atomic E-state index is 11.5. The number of halogens is 1. The molecular formula is C13H14ClNO3. The zero-order valence-electron chi connectivity index (χ0n) is 10.2. The Morgan fingerprint density at radius 1 is 1.50 bits per heavy atom. The molecule has 0 fully saturated rings. The molecular weight excluding hydrogens is 254 g/mol. The second kappa shape index (κ2) is 4.63. The highest BCUT2D eigenvalue weighted by Crippen LogP contribution is 2.26. The highest BCUT2D eigenvalue weighted by molar-refractivity contribution is 6.35. The minimum absolute atomic E-state index is 0.0902. The lowest BCUT2D eigenvalue weighted by Crippen LogP contribution is -2.40. The van der Waals surface area contributed by atoms with Gasteiger partial charge in [0.1, 0.15) is 0 Å². The zero-order valence-corrected chi connectivity index (χ0v) is 10.9. The molecule has 1 unspecified atom stereocenters. The van der Waals surface area contributed by atoms with Gasteiger partial charge < -0.3 is 14.4 Å². The Morgan fingerprint density at radius 3 is 2.83 bits per heavy atom. The van der Waals surface area contributed by atoms with Gasteiger partial charge in [-0.1, -0.05) is 29.8 Å². The molecule has 1 atom stereocenters. The number of ether oxygens (including phenoxy) is 1. The molecule has 0 aliphatic carbocycles. The van der Waals surface area contributed by atoms with E-state index in [1.165, 1.54) is 14.0 Å². The molecule has 0 aliphatic rings. The molecule has 1 aromatic heterocycles. The van der Waals surface area contributed by atoms with E-state index in [9.17, 15) is 9.90 Å². The van der Waals surface area contributed by atoms with Crippen LogP contribution in [0, 0.1) is 0 Å². The summed E-state index contributed by atoms with van der Waals surface area (Å²) in [7, 11) is 1.25. The van der Waals surface area contributed by atoms with Crippen molar-refractivity contribution in [1.29, 1.82) is 0 Å². The third-order valence-electron chi connectivity index (χ3n) is 2.84. The quantitative estimate of drug-likeness (QED) is 0.868. The highest BCUT2D eigenvalue weighted by Gasteiger charge is 2.32. The second-order valence-electron chi connectivity index (χ2n) is 4.39. The van der Waals surface area contributed by atoms with Crippen LogP contribution < -0.4 is 0 Å². The smallest absolute Gasteiger partial charge is 0.339 e. The molecule has 96 valence electrons. The van der Waals surface area contributed by atoms with Crippen LogP contribution in [0.1, 0.15) is 6.92 Å². The number of nitrogens with zero attached hydrogens (tertiary/aromatic N) is 1. The molecule has 0 amide bonds. The van der Waals surface area contributed by atoms with Crippen LogP contribution in [0.3, 0.4) is 0 Å². The van der Waals surface area contributed by atoms with Crippen LogP contribution in [-0.4, -0.2) is 28.4 Å². The van der Waals surface area contributed by atoms with E-state index in [2.05, 4.69) is 4.74 Å². The SMILES string of the molecule is COC(=O)C(C)(O)Cn1cc(Cl)c2ccccc21. The number of aliphatic hydroxyl groups is 1. The van der Waals surface area contributed by atoms with Gasteiger partial charge in [0.25, 0.3) is 0 Å². The minimum atomic E-state index is -1.58. The number of fused-ring (bicyclic) bond motifs is 1. The van der Waals surface area contributed by atoms with Gasteiger partial charge in [0.2, 0.25) is 0 Å². The number of para-hydroxylation sites is 1. The lowest BCUT2D eigenvalue weighted by Gasteiger charge is -2.21. The van der Waals surface area contributed by atoms with Crippen LogP contribution in [0.5, 0.6) is 0 Å². The van der Waals surface area contributed by atoms with Crippen LogP contribution >= 0.6 is 11.6 Å². The van der Waals surface area contributed by atoms with E-state index < -0.39 is 11.6 Å². The van der Waals surface area contributed by atoms with Crippen molar-refractivity contribution >= 4 is 28.5 Å². The number of carbonyl (C=O) groups is 1. The first-order valence-corrected chi connectivity index (χ1v) is 5.87. The van der Waals surface area contributed by atoms with Crippen LogP contribution in [0.4, 0.5) is 0 Å². The lowest BCUT2D eigenvalue weighted by atomic mass is 10.1. The summed E-state index contributed by atoms with van der Waals surface area (Å²) < 4.78 is 6.32. The van der Waals surface area contributed by atoms with Gasteiger partial charge in [0, 0.05) is 17.1 Å². The van der Waals surface area contributed by atoms with Crippen LogP contribution in [0.25, 0.3) is 10.9 Å². The molecule has 2 rings (SSSR count). The molecule has 0 aliphatic heterocycles. The monoisotopic (exact) mass is 267 g/mol. The van der Waals surface area contributed by atoms with Crippen LogP contribution in [0.2, 0.25) is 5.02 Å². The van der Waals surface area contributed by atoms with Gasteiger partial charge in [0.05, 0.1) is 18.7 Å². The van der Waals surface area contributed by atoms with Crippen LogP contribution in [0.15, 0.2) is 30.5 Å². The summed E-state index contributed by atoms with van der Waals surface area (Å²) in [6.07, 6.45) is 1.70. The largest absolute Gasteiger partial charge is 0.467 e. The number of esters is 1. The Labute approximate surface area is 110 Å². The van der Waals surface area contributed by atoms with Crippen molar-refractivity contribution < 1.29 is 14.6 Å². The molecule has 18 heavy (non-hydrogen) atoms. The van der Waals surface area contributed by atoms with Crippen molar-refractivity contribution in [3.63, 3.8) is 0 Å². The maximum atomic E-state index is 11.5. The number of hydrogen-bond donors (Lipinski definition) is 1. The first-order chi connectivity index (χ1) is 8.45. The number of methoxy groups -OCH3 is 1. The average molecular weight is 268 g/mol. The van der Waals surface area contributed by atoms with Gasteiger partial charge in [-0.05, 0) is 13.0 Å². The lowest BCUT2D eigenvalue weighted by molar-refractivity contribution is -0.161. The van der Waals surface area contributed by atoms with E-state index in [0.29, 0.717) is 5.02 Å². The molecule has 0 spiro atoms. The summed E-state index contributed by atoms with van der Waals surface area (Å²) in [5.74, 6) is -0.670. The molecule has 2 aromatic rings. The molecule has 0 saturated carbocycles. The van der Waals surface area contributed by atoms with E-state index >= 15 is 0 Å². The summed E-state index contributed by atoms with van der Waals surface area (Å²) in [5, 5.41) is 11.5. The molecule has 1 heterocycles. The minimum Gasteiger partial charge on any atom is -0.467 e. The first-order valence-electron chi connectivity index (χ1n) is 5.50. The first kappa shape index (κ1) is 12.9. The molecule has 0 radical (unpaired) electrons. The topological polar surface area (TPSA) is 51.5 Å². The van der Waals surface area contributed by atoms with Gasteiger partial charge >= 0.3 is 5.97 Å². The van der Waals surface area contributed by atoms with E-state index in [-0.39, 0.29) is 6.54 Å². The summed E-state index contributed by atoms with van der Waals surface area (Å²) in [5.41, 5.74) is -0.716. The van der Waals surface area contributed by atoms with Gasteiger partial charge in [-0.2, -0.15) is 0 Å². The Kier molecular flexibility index (Phi) is 3.32. The van der Waals surface area contributed by atoms with Crippen molar-refractivity contribution in [3.8, 4) is 0 Å². The number of benzene rings is 1. The van der Waals surface area contributed by atoms with E-state index in [1.54, 1.807) is 10.8 Å². The van der Waals surface area contributed by atoms with Crippen molar-refractivity contribution in [1.82, 2.24) is 4.57 Å². The molecule has 4 nitrogen and oxygen atoms in total. The van der Waals surface area contributed by atoms with Gasteiger partial charge in [-0.15, -0.1) is 0 Å². The number of rotatable bonds is 3. The van der Waals surface area contributed by atoms with Gasteiger partial charge in [0.15, 0.2) is 5.60 Å². The predicted molar refractivity (Wildman–Crippen MR) is 69.6 cm³/mol. The fourth-order valence-electron chi connectivity index (χ4n) is 1.95. The molecule has 0 bridgehead atoms. The summed E-state index contributed by atoms with van der Waals surface area (Å²) >= 11 is 6.10. The highest BCUT2D eigenvalue weighted by atomic mass is 35.5. The Morgan fingerprint density at radius 2 is 2.17 bits per heavy atom. The fraction of sp³-hybridized carbons (Fsp3) is 0.308. The molecule has 1 N–H and O–H groups in total. The van der Waals surface area contributed by atoms with Crippen LogP contribution in [-0.2, 0) is 16.1 Å². The molecule has 0 saturated heterocycles. The Balaban J connectivity index is 2.41. The fourth-order valence-corrected chi connectivity index (χ4v) is 2.23. The summed E-state index contributed by atoms with van der Waals surface area (Å²) in [6, 6.07) is 7.54. The summed E-state index contributed by atoms with van der Waals surface area (Å²) in [4.78, 5) is 11.5. The van der Waals surface area contributed by atoms with Crippen molar-refractivity contribution in [2.45, 2.75) is 19.1 Å². The average Bonchev–Trinajstić information content (AvgIpc) is 2.65. The summed E-state index contributed by atoms with van der Waals surface area (Å²) in [6.45, 7) is 1.51. The standard InChI is InChI=1S/C13H14ClNO3/c1-13(17,12(16)18-2)8-15-7-10(14)9-5-3-4-6-11(9)15/h3-7,17H,8H2,1-2H3. The van der Waals surface area contributed by atoms with Crippen molar-refractivity contribution in [2.75, 3.05) is 7.11 Å². The number of hydrogen-bond acceptors (Lipinski definition) is 3. The molecule has 1 aromatic carbocycles. The van der Waals surface area contributed by atoms with Gasteiger partial charge in [-0.3, -0.25) is 0 Å². The third-order valence-corrected chi connectivity index (χ3v) is 3.14. The molecule has 5 heteroatoms. The van der Waals surface area contributed by atoms with E-state index in [0.717, 1.165) is 10.9 Å². The van der Waals surface area contributed by atoms with E-state index in [4.69, 9.17) is 11.6 Å². The zero-order chi connectivity index (χ0) is 13.3. The third kappa shape index (κ3) is 2.21. The predicted octanol–water partition coefficient (Wildman–Crippen LogP) is 2.22. The second-order valence-corrected chi connectivity index (χ2v) is 4.79. The van der Waals surface area contributed by atoms with Crippen molar-refractivity contribution in [3.05, 3.63) is 35.5 Å². The Bertz CT molecular complexity index is 589. The number of carbonyl (C=O) groups excluding carboxylic acids is 1. The normalized spacial score (nSPS) is 14.4. The number of aromatic nitrogens is 1. The van der Waals surface area contributed by atoms with Crippen molar-refractivity contribution in [2.24, 2.45) is 0 Å². The van der Waals surface area contributed by atoms with E-state index in [1.807, 2.05) is 24.3 Å². The van der Waals surface area contributed by atoms with Gasteiger partial charge in [-0.25, -0.2) is 4.79 Å². The maximum Gasteiger partial charge on any atom is 0.339 e.